The van der Waals surface area contributed by atoms with Gasteiger partial charge in [0.25, 0.3) is 5.56 Å². The summed E-state index contributed by atoms with van der Waals surface area (Å²) in [5.74, 6) is 2.43. The smallest absolute Gasteiger partial charge is 0.269 e. The van der Waals surface area contributed by atoms with Crippen LogP contribution in [0, 0.1) is 19.3 Å². The molecule has 0 radical (unpaired) electrons. The molecule has 0 amide bonds. The second-order valence-corrected chi connectivity index (χ2v) is 6.43. The van der Waals surface area contributed by atoms with Crippen LogP contribution in [-0.2, 0) is 12.7 Å². The van der Waals surface area contributed by atoms with Gasteiger partial charge in [0.1, 0.15) is 10.8 Å². The Hall–Kier alpha value is -2.31. The van der Waals surface area contributed by atoms with Crippen LogP contribution in [0.15, 0.2) is 16.9 Å². The number of halogens is 4. The average molecular weight is 373 g/mol. The van der Waals surface area contributed by atoms with E-state index in [2.05, 4.69) is 16.0 Å². The quantitative estimate of drug-likeness (QED) is 0.650. The van der Waals surface area contributed by atoms with E-state index >= 15 is 0 Å². The zero-order valence-electron chi connectivity index (χ0n) is 12.1. The largest absolute Gasteiger partial charge is 0.435 e. The standard InChI is InChI=1S/C14H8ClF3N4OS/c1-3-9-7(2)24-13-19-8(4-12(23)22(9)13)6-21-11(15)5-10(20-21)14(16,17)18/h1,4-5H,6H2,2H3. The molecule has 0 N–H and O–H groups in total. The minimum Gasteiger partial charge on any atom is -0.269 e. The lowest BCUT2D eigenvalue weighted by molar-refractivity contribution is -0.141. The van der Waals surface area contributed by atoms with Gasteiger partial charge in [0, 0.05) is 17.0 Å². The molecular weight excluding hydrogens is 365 g/mol. The molecule has 124 valence electrons. The highest BCUT2D eigenvalue weighted by Gasteiger charge is 2.34. The Kier molecular flexibility index (Phi) is 3.89. The summed E-state index contributed by atoms with van der Waals surface area (Å²) in [6, 6.07) is 1.92. The molecule has 3 aromatic heterocycles. The third kappa shape index (κ3) is 2.79. The van der Waals surface area contributed by atoms with Crippen molar-refractivity contribution in [2.45, 2.75) is 19.6 Å². The van der Waals surface area contributed by atoms with Crippen LogP contribution in [0.3, 0.4) is 0 Å². The molecule has 0 aliphatic rings. The van der Waals surface area contributed by atoms with Crippen LogP contribution in [0.1, 0.15) is 22.0 Å². The number of aromatic nitrogens is 4. The van der Waals surface area contributed by atoms with E-state index in [-0.39, 0.29) is 17.4 Å². The number of fused-ring (bicyclic) bond motifs is 1. The molecule has 0 unspecified atom stereocenters. The van der Waals surface area contributed by atoms with Crippen molar-refractivity contribution in [1.82, 2.24) is 19.2 Å². The lowest BCUT2D eigenvalue weighted by atomic mass is 10.3. The lowest BCUT2D eigenvalue weighted by Gasteiger charge is -2.04. The SMILES string of the molecule is C#Cc1c(C)sc2nc(Cn3nc(C(F)(F)F)cc3Cl)cc(=O)n12. The first-order chi connectivity index (χ1) is 11.2. The minimum absolute atomic E-state index is 0.164. The van der Waals surface area contributed by atoms with E-state index in [9.17, 15) is 18.0 Å². The molecule has 0 aromatic carbocycles. The maximum absolute atomic E-state index is 12.7. The van der Waals surface area contributed by atoms with Crippen LogP contribution in [-0.4, -0.2) is 19.2 Å². The molecule has 0 saturated carbocycles. The molecule has 0 aliphatic carbocycles. The van der Waals surface area contributed by atoms with Crippen molar-refractivity contribution in [3.05, 3.63) is 49.6 Å². The van der Waals surface area contributed by atoms with E-state index in [0.29, 0.717) is 10.7 Å². The Morgan fingerprint density at radius 1 is 1.42 bits per heavy atom. The lowest BCUT2D eigenvalue weighted by Crippen LogP contribution is -2.17. The van der Waals surface area contributed by atoms with Crippen LogP contribution in [0.25, 0.3) is 4.96 Å². The minimum atomic E-state index is -4.60. The fraction of sp³-hybridized carbons (Fsp3) is 0.214. The molecule has 0 saturated heterocycles. The van der Waals surface area contributed by atoms with Crippen LogP contribution in [0.4, 0.5) is 13.2 Å². The summed E-state index contributed by atoms with van der Waals surface area (Å²) in [4.78, 5) is 17.6. The summed E-state index contributed by atoms with van der Waals surface area (Å²) in [5, 5.41) is 3.21. The first-order valence-corrected chi connectivity index (χ1v) is 7.69. The Morgan fingerprint density at radius 3 is 2.71 bits per heavy atom. The molecule has 5 nitrogen and oxygen atoms in total. The van der Waals surface area contributed by atoms with Crippen molar-refractivity contribution in [3.63, 3.8) is 0 Å². The van der Waals surface area contributed by atoms with Gasteiger partial charge in [-0.3, -0.25) is 4.79 Å². The maximum Gasteiger partial charge on any atom is 0.435 e. The molecule has 0 aliphatic heterocycles. The highest BCUT2D eigenvalue weighted by Crippen LogP contribution is 2.30. The molecule has 0 spiro atoms. The number of hydrogen-bond acceptors (Lipinski definition) is 4. The molecule has 3 rings (SSSR count). The van der Waals surface area contributed by atoms with Crippen LogP contribution in [0.5, 0.6) is 0 Å². The zero-order chi connectivity index (χ0) is 17.6. The van der Waals surface area contributed by atoms with Gasteiger partial charge in [-0.1, -0.05) is 17.5 Å². The predicted molar refractivity (Wildman–Crippen MR) is 83.4 cm³/mol. The summed E-state index contributed by atoms with van der Waals surface area (Å²) in [6.45, 7) is 1.59. The average Bonchev–Trinajstić information content (AvgIpc) is 2.99. The van der Waals surface area contributed by atoms with E-state index in [1.807, 2.05) is 0 Å². The first kappa shape index (κ1) is 16.5. The van der Waals surface area contributed by atoms with Crippen LogP contribution >= 0.6 is 22.9 Å². The maximum atomic E-state index is 12.7. The van der Waals surface area contributed by atoms with Crippen molar-refractivity contribution in [1.29, 1.82) is 0 Å². The first-order valence-electron chi connectivity index (χ1n) is 6.50. The van der Waals surface area contributed by atoms with Gasteiger partial charge in [-0.05, 0) is 6.92 Å². The molecule has 0 fully saturated rings. The van der Waals surface area contributed by atoms with E-state index in [0.717, 1.165) is 15.6 Å². The summed E-state index contributed by atoms with van der Waals surface area (Å²) in [7, 11) is 0. The van der Waals surface area contributed by atoms with E-state index in [4.69, 9.17) is 18.0 Å². The number of terminal acetylenes is 1. The van der Waals surface area contributed by atoms with Crippen molar-refractivity contribution in [2.75, 3.05) is 0 Å². The third-order valence-corrected chi connectivity index (χ3v) is 4.47. The van der Waals surface area contributed by atoms with Gasteiger partial charge in [0.05, 0.1) is 12.2 Å². The molecule has 0 atom stereocenters. The van der Waals surface area contributed by atoms with Gasteiger partial charge in [0.2, 0.25) is 0 Å². The van der Waals surface area contributed by atoms with E-state index in [1.54, 1.807) is 6.92 Å². The van der Waals surface area contributed by atoms with Crippen LogP contribution < -0.4 is 5.56 Å². The van der Waals surface area contributed by atoms with E-state index in [1.165, 1.54) is 21.8 Å². The molecular formula is C14H8ClF3N4OS. The van der Waals surface area contributed by atoms with Crippen molar-refractivity contribution >= 4 is 27.9 Å². The number of nitrogens with zero attached hydrogens (tertiary/aromatic N) is 4. The highest BCUT2D eigenvalue weighted by atomic mass is 35.5. The van der Waals surface area contributed by atoms with Gasteiger partial charge in [-0.2, -0.15) is 18.3 Å². The van der Waals surface area contributed by atoms with Crippen molar-refractivity contribution in [3.8, 4) is 12.3 Å². The Bertz CT molecular complexity index is 1040. The molecule has 10 heteroatoms. The van der Waals surface area contributed by atoms with Gasteiger partial charge in [0.15, 0.2) is 10.7 Å². The molecule has 3 aromatic rings. The second kappa shape index (κ2) is 5.65. The van der Waals surface area contributed by atoms with Gasteiger partial charge >= 0.3 is 6.18 Å². The Balaban J connectivity index is 2.05. The van der Waals surface area contributed by atoms with Crippen LogP contribution in [0.2, 0.25) is 5.15 Å². The topological polar surface area (TPSA) is 52.2 Å². The number of rotatable bonds is 2. The summed E-state index contributed by atoms with van der Waals surface area (Å²) in [5.41, 5.74) is -0.863. The molecule has 3 heterocycles. The monoisotopic (exact) mass is 372 g/mol. The fourth-order valence-electron chi connectivity index (χ4n) is 2.17. The molecule has 0 bridgehead atoms. The summed E-state index contributed by atoms with van der Waals surface area (Å²) < 4.78 is 40.2. The van der Waals surface area contributed by atoms with Gasteiger partial charge in [-0.25, -0.2) is 14.1 Å². The number of aryl methyl sites for hydroxylation is 1. The van der Waals surface area contributed by atoms with Gasteiger partial charge in [-0.15, -0.1) is 17.8 Å². The zero-order valence-corrected chi connectivity index (χ0v) is 13.6. The number of alkyl halides is 3. The van der Waals surface area contributed by atoms with Crippen molar-refractivity contribution < 1.29 is 13.2 Å². The fourth-order valence-corrected chi connectivity index (χ4v) is 3.32. The highest BCUT2D eigenvalue weighted by molar-refractivity contribution is 7.17. The second-order valence-electron chi connectivity index (χ2n) is 4.86. The summed E-state index contributed by atoms with van der Waals surface area (Å²) >= 11 is 7.00. The Labute approximate surface area is 142 Å². The van der Waals surface area contributed by atoms with Gasteiger partial charge < -0.3 is 0 Å². The molecule has 24 heavy (non-hydrogen) atoms. The normalized spacial score (nSPS) is 11.8. The van der Waals surface area contributed by atoms with E-state index < -0.39 is 17.4 Å². The number of thiazole rings is 1. The predicted octanol–water partition coefficient (Wildman–Crippen LogP) is 2.96. The number of hydrogen-bond donors (Lipinski definition) is 0. The third-order valence-electron chi connectivity index (χ3n) is 3.21. The summed E-state index contributed by atoms with van der Waals surface area (Å²) in [6.07, 6.45) is 0.787. The Morgan fingerprint density at radius 2 is 2.12 bits per heavy atom. The van der Waals surface area contributed by atoms with Crippen molar-refractivity contribution in [2.24, 2.45) is 0 Å².